The van der Waals surface area contributed by atoms with Gasteiger partial charge >= 0.3 is 0 Å². The second-order valence-corrected chi connectivity index (χ2v) is 4.45. The van der Waals surface area contributed by atoms with Crippen molar-refractivity contribution >= 4 is 17.5 Å². The minimum atomic E-state index is -2.49. The molecule has 0 aliphatic heterocycles. The van der Waals surface area contributed by atoms with E-state index in [0.717, 1.165) is 0 Å². The Hall–Kier alpha value is -0.420. The molecule has 1 amide bonds. The fourth-order valence-electron chi connectivity index (χ4n) is 1.23. The monoisotopic (exact) mass is 257 g/mol. The number of halogens is 3. The molecule has 0 aromatic heterocycles. The van der Waals surface area contributed by atoms with Crippen LogP contribution in [0.25, 0.3) is 0 Å². The van der Waals surface area contributed by atoms with Crippen LogP contribution in [0.1, 0.15) is 26.7 Å². The number of hydrogen-bond acceptors (Lipinski definition) is 2. The second kappa shape index (κ2) is 8.70. The summed E-state index contributed by atoms with van der Waals surface area (Å²) >= 11 is 5.76. The van der Waals surface area contributed by atoms with Crippen LogP contribution in [-0.4, -0.2) is 37.0 Å². The molecule has 16 heavy (non-hydrogen) atoms. The SMILES string of the molecule is CC(Cl)CC(C)NC(=O)CCOCC(F)F. The zero-order valence-corrected chi connectivity index (χ0v) is 10.3. The average molecular weight is 258 g/mol. The van der Waals surface area contributed by atoms with Crippen molar-refractivity contribution in [3.05, 3.63) is 0 Å². The van der Waals surface area contributed by atoms with Gasteiger partial charge in [0, 0.05) is 17.8 Å². The smallest absolute Gasteiger partial charge is 0.261 e. The summed E-state index contributed by atoms with van der Waals surface area (Å²) in [4.78, 5) is 11.3. The Balaban J connectivity index is 3.51. The number of ether oxygens (including phenoxy) is 1. The van der Waals surface area contributed by atoms with E-state index in [1.807, 2.05) is 13.8 Å². The molecule has 0 aromatic carbocycles. The molecule has 2 unspecified atom stereocenters. The van der Waals surface area contributed by atoms with Crippen LogP contribution in [0.4, 0.5) is 8.78 Å². The minimum absolute atomic E-state index is 0.00890. The van der Waals surface area contributed by atoms with Gasteiger partial charge in [0.1, 0.15) is 6.61 Å². The Labute approximate surface area is 99.5 Å². The maximum Gasteiger partial charge on any atom is 0.261 e. The minimum Gasteiger partial charge on any atom is -0.375 e. The number of rotatable bonds is 8. The number of alkyl halides is 3. The third kappa shape index (κ3) is 10.1. The van der Waals surface area contributed by atoms with Crippen molar-refractivity contribution in [3.63, 3.8) is 0 Å². The molecule has 0 saturated carbocycles. The molecule has 2 atom stereocenters. The van der Waals surface area contributed by atoms with Crippen molar-refractivity contribution in [1.82, 2.24) is 5.32 Å². The van der Waals surface area contributed by atoms with Gasteiger partial charge < -0.3 is 10.1 Å². The Morgan fingerprint density at radius 2 is 2.06 bits per heavy atom. The Morgan fingerprint density at radius 1 is 1.44 bits per heavy atom. The lowest BCUT2D eigenvalue weighted by Crippen LogP contribution is -2.34. The molecular weight excluding hydrogens is 240 g/mol. The molecule has 0 saturated heterocycles. The fourth-order valence-corrected chi connectivity index (χ4v) is 1.50. The van der Waals surface area contributed by atoms with Gasteiger partial charge in [-0.15, -0.1) is 11.6 Å². The van der Waals surface area contributed by atoms with Gasteiger partial charge in [-0.3, -0.25) is 4.79 Å². The van der Waals surface area contributed by atoms with E-state index in [-0.39, 0.29) is 30.4 Å². The lowest BCUT2D eigenvalue weighted by Gasteiger charge is -2.14. The lowest BCUT2D eigenvalue weighted by atomic mass is 10.2. The van der Waals surface area contributed by atoms with E-state index in [2.05, 4.69) is 10.1 Å². The van der Waals surface area contributed by atoms with Crippen LogP contribution in [0.15, 0.2) is 0 Å². The second-order valence-electron chi connectivity index (χ2n) is 3.70. The largest absolute Gasteiger partial charge is 0.375 e. The third-order valence-electron chi connectivity index (χ3n) is 1.80. The van der Waals surface area contributed by atoms with Gasteiger partial charge in [-0.25, -0.2) is 8.78 Å². The van der Waals surface area contributed by atoms with E-state index < -0.39 is 13.0 Å². The van der Waals surface area contributed by atoms with Crippen LogP contribution in [0.2, 0.25) is 0 Å². The van der Waals surface area contributed by atoms with Crippen LogP contribution in [0.5, 0.6) is 0 Å². The van der Waals surface area contributed by atoms with Crippen molar-refractivity contribution in [2.24, 2.45) is 0 Å². The molecule has 0 heterocycles. The van der Waals surface area contributed by atoms with Gasteiger partial charge in [0.15, 0.2) is 0 Å². The van der Waals surface area contributed by atoms with Gasteiger partial charge in [0.05, 0.1) is 6.61 Å². The third-order valence-corrected chi connectivity index (χ3v) is 1.98. The maximum atomic E-state index is 11.7. The molecule has 0 aromatic rings. The average Bonchev–Trinajstić information content (AvgIpc) is 2.10. The Morgan fingerprint density at radius 3 is 2.56 bits per heavy atom. The van der Waals surface area contributed by atoms with Gasteiger partial charge in [-0.05, 0) is 20.3 Å². The summed E-state index contributed by atoms with van der Waals surface area (Å²) < 4.78 is 27.9. The summed E-state index contributed by atoms with van der Waals surface area (Å²) in [6.45, 7) is 3.08. The topological polar surface area (TPSA) is 38.3 Å². The molecular formula is C10H18ClF2NO2. The van der Waals surface area contributed by atoms with E-state index in [0.29, 0.717) is 6.42 Å². The molecule has 96 valence electrons. The van der Waals surface area contributed by atoms with E-state index in [1.54, 1.807) is 0 Å². The maximum absolute atomic E-state index is 11.7. The normalized spacial score (nSPS) is 14.9. The summed E-state index contributed by atoms with van der Waals surface area (Å²) in [6, 6.07) is -0.0184. The summed E-state index contributed by atoms with van der Waals surface area (Å²) in [6.07, 6.45) is -1.72. The van der Waals surface area contributed by atoms with Crippen molar-refractivity contribution in [2.45, 2.75) is 44.5 Å². The zero-order chi connectivity index (χ0) is 12.6. The number of hydrogen-bond donors (Lipinski definition) is 1. The van der Waals surface area contributed by atoms with Crippen molar-refractivity contribution in [3.8, 4) is 0 Å². The molecule has 0 radical (unpaired) electrons. The molecule has 3 nitrogen and oxygen atoms in total. The molecule has 0 fully saturated rings. The van der Waals surface area contributed by atoms with Gasteiger partial charge in [-0.2, -0.15) is 0 Å². The molecule has 0 spiro atoms. The number of carbonyl (C=O) groups excluding carboxylic acids is 1. The molecule has 0 aliphatic rings. The highest BCUT2D eigenvalue weighted by Gasteiger charge is 2.10. The standard InChI is InChI=1S/C10H18ClF2NO2/c1-7(11)5-8(2)14-10(15)3-4-16-6-9(12)13/h7-9H,3-6H2,1-2H3,(H,14,15). The van der Waals surface area contributed by atoms with Crippen molar-refractivity contribution in [1.29, 1.82) is 0 Å². The summed E-state index contributed by atoms with van der Waals surface area (Å²) in [5.74, 6) is -0.209. The van der Waals surface area contributed by atoms with Gasteiger partial charge in [0.2, 0.25) is 5.91 Å². The van der Waals surface area contributed by atoms with Crippen LogP contribution in [0.3, 0.4) is 0 Å². The summed E-state index contributed by atoms with van der Waals surface area (Å²) in [7, 11) is 0. The van der Waals surface area contributed by atoms with E-state index in [9.17, 15) is 13.6 Å². The van der Waals surface area contributed by atoms with Crippen molar-refractivity contribution < 1.29 is 18.3 Å². The first kappa shape index (κ1) is 15.6. The lowest BCUT2D eigenvalue weighted by molar-refractivity contribution is -0.123. The molecule has 1 N–H and O–H groups in total. The van der Waals surface area contributed by atoms with Crippen LogP contribution < -0.4 is 5.32 Å². The Bertz CT molecular complexity index is 203. The molecule has 0 rings (SSSR count). The number of nitrogens with one attached hydrogen (secondary N) is 1. The van der Waals surface area contributed by atoms with Crippen LogP contribution in [0, 0.1) is 0 Å². The van der Waals surface area contributed by atoms with Crippen LogP contribution in [-0.2, 0) is 9.53 Å². The fraction of sp³-hybridized carbons (Fsp3) is 0.900. The van der Waals surface area contributed by atoms with E-state index >= 15 is 0 Å². The van der Waals surface area contributed by atoms with Gasteiger partial charge in [-0.1, -0.05) is 0 Å². The van der Waals surface area contributed by atoms with Gasteiger partial charge in [0.25, 0.3) is 6.43 Å². The molecule has 0 bridgehead atoms. The highest BCUT2D eigenvalue weighted by Crippen LogP contribution is 2.04. The summed E-state index contributed by atoms with van der Waals surface area (Å²) in [5.41, 5.74) is 0. The quantitative estimate of drug-likeness (QED) is 0.535. The van der Waals surface area contributed by atoms with E-state index in [1.165, 1.54) is 0 Å². The first-order valence-corrected chi connectivity index (χ1v) is 5.64. The highest BCUT2D eigenvalue weighted by molar-refractivity contribution is 6.20. The molecule has 0 aliphatic carbocycles. The predicted octanol–water partition coefficient (Wildman–Crippen LogP) is 2.18. The Kier molecular flexibility index (Phi) is 8.47. The predicted molar refractivity (Wildman–Crippen MR) is 59.0 cm³/mol. The number of carbonyl (C=O) groups is 1. The summed E-state index contributed by atoms with van der Waals surface area (Å²) in [5, 5.41) is 2.70. The highest BCUT2D eigenvalue weighted by atomic mass is 35.5. The first-order chi connectivity index (χ1) is 7.41. The zero-order valence-electron chi connectivity index (χ0n) is 9.51. The molecule has 6 heteroatoms. The first-order valence-electron chi connectivity index (χ1n) is 5.21. The van der Waals surface area contributed by atoms with E-state index in [4.69, 9.17) is 11.6 Å². The number of amides is 1. The van der Waals surface area contributed by atoms with Crippen LogP contribution >= 0.6 is 11.6 Å². The van der Waals surface area contributed by atoms with Crippen molar-refractivity contribution in [2.75, 3.05) is 13.2 Å².